The van der Waals surface area contributed by atoms with Gasteiger partial charge < -0.3 is 4.42 Å². The molecule has 200 valence electrons. The third-order valence-electron chi connectivity index (χ3n) is 5.26. The van der Waals surface area contributed by atoms with Crippen LogP contribution in [0.3, 0.4) is 0 Å². The highest BCUT2D eigenvalue weighted by atomic mass is 79.9. The SMILES string of the molecule is Cc1c(C(=O)NNC(=O)c2ccc(Br)cc2)oc2c1/C(=N/NC(=O)C(F)(F)C(F)(F)C(F)(F)F)CCC2. The average molecular weight is 601 g/mol. The number of fused-ring (bicyclic) bond motifs is 1. The minimum absolute atomic E-state index is 0.00372. The third-order valence-corrected chi connectivity index (χ3v) is 5.78. The Morgan fingerprint density at radius 3 is 2.14 bits per heavy atom. The fourth-order valence-corrected chi connectivity index (χ4v) is 3.61. The van der Waals surface area contributed by atoms with Crippen molar-refractivity contribution in [2.24, 2.45) is 5.10 Å². The largest absolute Gasteiger partial charge is 0.460 e. The van der Waals surface area contributed by atoms with Crippen molar-refractivity contribution in [1.29, 1.82) is 0 Å². The number of aryl methyl sites for hydroxylation is 1. The summed E-state index contributed by atoms with van der Waals surface area (Å²) in [6.07, 6.45) is -6.18. The lowest BCUT2D eigenvalue weighted by atomic mass is 9.93. The Morgan fingerprint density at radius 2 is 1.54 bits per heavy atom. The van der Waals surface area contributed by atoms with Gasteiger partial charge in [0.05, 0.1) is 5.71 Å². The first-order valence-corrected chi connectivity index (χ1v) is 11.1. The predicted molar refractivity (Wildman–Crippen MR) is 116 cm³/mol. The Balaban J connectivity index is 1.77. The van der Waals surface area contributed by atoms with Gasteiger partial charge in [0.1, 0.15) is 5.76 Å². The molecule has 37 heavy (non-hydrogen) atoms. The summed E-state index contributed by atoms with van der Waals surface area (Å²) in [5.74, 6) is -17.5. The number of nitrogens with zero attached hydrogens (tertiary/aromatic N) is 1. The van der Waals surface area contributed by atoms with Gasteiger partial charge in [-0.2, -0.15) is 35.8 Å². The Morgan fingerprint density at radius 1 is 0.946 bits per heavy atom. The number of hydrazone groups is 1. The number of benzene rings is 1. The molecule has 16 heteroatoms. The van der Waals surface area contributed by atoms with E-state index in [-0.39, 0.29) is 53.2 Å². The van der Waals surface area contributed by atoms with Gasteiger partial charge in [0.25, 0.3) is 5.91 Å². The van der Waals surface area contributed by atoms with Crippen LogP contribution in [0.2, 0.25) is 0 Å². The Bertz CT molecular complexity index is 1260. The normalized spacial score (nSPS) is 15.2. The summed E-state index contributed by atoms with van der Waals surface area (Å²) in [7, 11) is 0. The predicted octanol–water partition coefficient (Wildman–Crippen LogP) is 4.41. The number of alkyl halides is 7. The standard InChI is InChI=1S/C21H16BrF7N4O4/c1-9-14-12(30-33-18(36)19(23,24)20(25,26)21(27,28)29)3-2-4-13(14)37-15(9)17(35)32-31-16(34)10-5-7-11(22)8-6-10/h5-8H,2-4H2,1H3,(H,31,34)(H,32,35)(H,33,36)/b30-12+. The number of carbonyl (C=O) groups excluding carboxylic acids is 3. The smallest absolute Gasteiger partial charge is 0.455 e. The number of furan rings is 1. The van der Waals surface area contributed by atoms with Crippen LogP contribution in [0.25, 0.3) is 0 Å². The molecule has 8 nitrogen and oxygen atoms in total. The molecule has 2 aromatic rings. The number of halogens is 8. The van der Waals surface area contributed by atoms with Crippen LogP contribution in [-0.2, 0) is 11.2 Å². The zero-order valence-electron chi connectivity index (χ0n) is 18.5. The molecule has 3 N–H and O–H groups in total. The van der Waals surface area contributed by atoms with Crippen LogP contribution in [0.15, 0.2) is 38.3 Å². The zero-order chi connectivity index (χ0) is 27.8. The van der Waals surface area contributed by atoms with Crippen molar-refractivity contribution in [3.05, 3.63) is 56.9 Å². The number of hydrazine groups is 1. The fraction of sp³-hybridized carbons (Fsp3) is 0.333. The zero-order valence-corrected chi connectivity index (χ0v) is 20.1. The minimum Gasteiger partial charge on any atom is -0.455 e. The van der Waals surface area contributed by atoms with Crippen LogP contribution in [0, 0.1) is 6.92 Å². The Kier molecular flexibility index (Phi) is 7.72. The molecule has 0 bridgehead atoms. The number of nitrogens with one attached hydrogen (secondary N) is 3. The summed E-state index contributed by atoms with van der Waals surface area (Å²) >= 11 is 3.21. The van der Waals surface area contributed by atoms with E-state index in [1.54, 1.807) is 12.1 Å². The summed E-state index contributed by atoms with van der Waals surface area (Å²) in [6.45, 7) is 1.36. The highest BCUT2D eigenvalue weighted by Gasteiger charge is 2.76. The van der Waals surface area contributed by atoms with E-state index in [0.717, 1.165) is 9.90 Å². The molecule has 1 aromatic heterocycles. The second-order valence-corrected chi connectivity index (χ2v) is 8.68. The molecular formula is C21H16BrF7N4O4. The van der Waals surface area contributed by atoms with Gasteiger partial charge in [0.15, 0.2) is 5.76 Å². The molecule has 3 rings (SSSR count). The summed E-state index contributed by atoms with van der Waals surface area (Å²) in [6, 6.07) is 6.16. The molecule has 1 aromatic carbocycles. The van der Waals surface area contributed by atoms with Crippen LogP contribution in [-0.4, -0.2) is 41.5 Å². The number of rotatable bonds is 5. The minimum atomic E-state index is -6.69. The molecule has 3 amide bonds. The summed E-state index contributed by atoms with van der Waals surface area (Å²) < 4.78 is 96.5. The number of hydrogen-bond donors (Lipinski definition) is 3. The fourth-order valence-electron chi connectivity index (χ4n) is 3.35. The molecule has 0 radical (unpaired) electrons. The first kappa shape index (κ1) is 28.1. The van der Waals surface area contributed by atoms with Gasteiger partial charge in [-0.1, -0.05) is 15.9 Å². The molecule has 1 aliphatic carbocycles. The number of hydrogen-bond acceptors (Lipinski definition) is 5. The Hall–Kier alpha value is -3.43. The topological polar surface area (TPSA) is 113 Å². The summed E-state index contributed by atoms with van der Waals surface area (Å²) in [5.41, 5.74) is 5.59. The maximum absolute atomic E-state index is 13.6. The van der Waals surface area contributed by atoms with Crippen LogP contribution >= 0.6 is 15.9 Å². The molecule has 1 aliphatic rings. The van der Waals surface area contributed by atoms with Crippen molar-refractivity contribution in [2.75, 3.05) is 0 Å². The maximum Gasteiger partial charge on any atom is 0.460 e. The van der Waals surface area contributed by atoms with Crippen molar-refractivity contribution in [2.45, 2.75) is 44.2 Å². The van der Waals surface area contributed by atoms with Crippen molar-refractivity contribution < 1.29 is 49.5 Å². The van der Waals surface area contributed by atoms with Crippen LogP contribution < -0.4 is 16.3 Å². The van der Waals surface area contributed by atoms with E-state index in [1.807, 2.05) is 0 Å². The molecule has 0 spiro atoms. The molecule has 0 unspecified atom stereocenters. The maximum atomic E-state index is 13.6. The molecule has 0 fully saturated rings. The van der Waals surface area contributed by atoms with E-state index in [9.17, 15) is 45.1 Å². The molecular weight excluding hydrogens is 585 g/mol. The Labute approximate surface area is 211 Å². The van der Waals surface area contributed by atoms with Gasteiger partial charge in [0.2, 0.25) is 0 Å². The molecule has 0 atom stereocenters. The first-order chi connectivity index (χ1) is 17.1. The highest BCUT2D eigenvalue weighted by molar-refractivity contribution is 9.10. The van der Waals surface area contributed by atoms with E-state index in [1.165, 1.54) is 19.1 Å². The van der Waals surface area contributed by atoms with Gasteiger partial charge in [0, 0.05) is 27.6 Å². The number of amides is 3. The van der Waals surface area contributed by atoms with Crippen molar-refractivity contribution in [3.8, 4) is 0 Å². The van der Waals surface area contributed by atoms with Crippen LogP contribution in [0.5, 0.6) is 0 Å². The van der Waals surface area contributed by atoms with Crippen LogP contribution in [0.4, 0.5) is 30.7 Å². The highest BCUT2D eigenvalue weighted by Crippen LogP contribution is 2.46. The lowest BCUT2D eigenvalue weighted by Gasteiger charge is -2.26. The van der Waals surface area contributed by atoms with E-state index in [2.05, 4.69) is 31.9 Å². The third kappa shape index (κ3) is 5.47. The molecule has 1 heterocycles. The monoisotopic (exact) mass is 600 g/mol. The number of carbonyl (C=O) groups is 3. The van der Waals surface area contributed by atoms with Gasteiger partial charge >= 0.3 is 29.8 Å². The van der Waals surface area contributed by atoms with E-state index in [4.69, 9.17) is 4.42 Å². The lowest BCUT2D eigenvalue weighted by Crippen LogP contribution is -2.58. The van der Waals surface area contributed by atoms with Gasteiger partial charge in [-0.15, -0.1) is 0 Å². The average Bonchev–Trinajstić information content (AvgIpc) is 3.17. The molecule has 0 aliphatic heterocycles. The lowest BCUT2D eigenvalue weighted by molar-refractivity contribution is -0.344. The van der Waals surface area contributed by atoms with Gasteiger partial charge in [-0.05, 0) is 44.0 Å². The van der Waals surface area contributed by atoms with Gasteiger partial charge in [-0.3, -0.25) is 25.2 Å². The van der Waals surface area contributed by atoms with E-state index in [0.29, 0.717) is 0 Å². The second kappa shape index (κ2) is 10.1. The van der Waals surface area contributed by atoms with E-state index < -0.39 is 35.7 Å². The van der Waals surface area contributed by atoms with Gasteiger partial charge in [-0.25, -0.2) is 5.43 Å². The van der Waals surface area contributed by atoms with Crippen molar-refractivity contribution in [1.82, 2.24) is 16.3 Å². The van der Waals surface area contributed by atoms with Crippen LogP contribution in [0.1, 0.15) is 50.6 Å². The van der Waals surface area contributed by atoms with Crippen molar-refractivity contribution in [3.63, 3.8) is 0 Å². The van der Waals surface area contributed by atoms with Crippen molar-refractivity contribution >= 4 is 39.4 Å². The second-order valence-electron chi connectivity index (χ2n) is 7.77. The molecule has 0 saturated heterocycles. The first-order valence-electron chi connectivity index (χ1n) is 10.3. The summed E-state index contributed by atoms with van der Waals surface area (Å²) in [4.78, 5) is 36.2. The molecule has 0 saturated carbocycles. The quantitative estimate of drug-likeness (QED) is 0.348. The van der Waals surface area contributed by atoms with E-state index >= 15 is 0 Å². The summed E-state index contributed by atoms with van der Waals surface area (Å²) in [5, 5.41) is 3.31.